The van der Waals surface area contributed by atoms with Crippen molar-refractivity contribution in [3.05, 3.63) is 64.8 Å². The molecule has 0 fully saturated rings. The summed E-state index contributed by atoms with van der Waals surface area (Å²) in [6, 6.07) is 15.0. The van der Waals surface area contributed by atoms with Crippen LogP contribution in [0.4, 0.5) is 0 Å². The number of nitrogens with zero attached hydrogens (tertiary/aromatic N) is 1. The molecule has 5 heteroatoms. The summed E-state index contributed by atoms with van der Waals surface area (Å²) in [5.41, 5.74) is 2.13. The van der Waals surface area contributed by atoms with E-state index in [1.54, 1.807) is 12.1 Å². The number of phenols is 1. The average molecular weight is 373 g/mol. The van der Waals surface area contributed by atoms with Crippen molar-refractivity contribution < 1.29 is 9.90 Å². The molecular formula is C18H17BrN2O2. The normalized spacial score (nSPS) is 10.8. The number of rotatable bonds is 5. The summed E-state index contributed by atoms with van der Waals surface area (Å²) in [5.74, 6) is 0.244. The van der Waals surface area contributed by atoms with Crippen LogP contribution in [0.2, 0.25) is 0 Å². The lowest BCUT2D eigenvalue weighted by molar-refractivity contribution is -0.121. The Morgan fingerprint density at radius 1 is 1.13 bits per heavy atom. The van der Waals surface area contributed by atoms with Gasteiger partial charge in [-0.15, -0.1) is 0 Å². The van der Waals surface area contributed by atoms with E-state index in [-0.39, 0.29) is 11.7 Å². The molecule has 1 amide bonds. The summed E-state index contributed by atoms with van der Waals surface area (Å²) >= 11 is 3.45. The summed E-state index contributed by atoms with van der Waals surface area (Å²) in [5, 5.41) is 13.3. The summed E-state index contributed by atoms with van der Waals surface area (Å²) in [4.78, 5) is 12.1. The van der Waals surface area contributed by atoms with Crippen molar-refractivity contribution in [3.8, 4) is 5.75 Å². The van der Waals surface area contributed by atoms with Crippen molar-refractivity contribution in [3.63, 3.8) is 0 Å². The van der Waals surface area contributed by atoms with E-state index in [0.717, 1.165) is 27.4 Å². The molecule has 1 heterocycles. The smallest absolute Gasteiger partial charge is 0.239 e. The zero-order chi connectivity index (χ0) is 16.2. The first kappa shape index (κ1) is 15.6. The van der Waals surface area contributed by atoms with Crippen molar-refractivity contribution in [2.24, 2.45) is 0 Å². The third-order valence-corrected chi connectivity index (χ3v) is 4.21. The lowest BCUT2D eigenvalue weighted by Crippen LogP contribution is -2.29. The third-order valence-electron chi connectivity index (χ3n) is 3.72. The standard InChI is InChI=1S/C18H17BrN2O2/c19-15-3-6-17-14(11-15)8-10-21(17)12-18(23)20-9-7-13-1-4-16(22)5-2-13/h1-6,8,10-11,22H,7,9,12H2,(H,20,23). The molecule has 0 aliphatic carbocycles. The van der Waals surface area contributed by atoms with E-state index in [1.807, 2.05) is 47.2 Å². The van der Waals surface area contributed by atoms with Gasteiger partial charge in [0.2, 0.25) is 5.91 Å². The van der Waals surface area contributed by atoms with Gasteiger partial charge in [0.1, 0.15) is 12.3 Å². The van der Waals surface area contributed by atoms with Gasteiger partial charge < -0.3 is 15.0 Å². The number of phenolic OH excluding ortho intramolecular Hbond substituents is 1. The molecule has 0 radical (unpaired) electrons. The van der Waals surface area contributed by atoms with Crippen molar-refractivity contribution in [2.45, 2.75) is 13.0 Å². The summed E-state index contributed by atoms with van der Waals surface area (Å²) < 4.78 is 2.97. The Labute approximate surface area is 142 Å². The van der Waals surface area contributed by atoms with E-state index in [4.69, 9.17) is 0 Å². The molecule has 0 aliphatic heterocycles. The Bertz CT molecular complexity index is 825. The molecule has 1 aromatic heterocycles. The van der Waals surface area contributed by atoms with Gasteiger partial charge in [0.15, 0.2) is 0 Å². The average Bonchev–Trinajstić information content (AvgIpc) is 2.91. The fourth-order valence-electron chi connectivity index (χ4n) is 2.53. The Morgan fingerprint density at radius 2 is 1.91 bits per heavy atom. The molecule has 0 unspecified atom stereocenters. The van der Waals surface area contributed by atoms with Crippen LogP contribution in [0.15, 0.2) is 59.2 Å². The monoisotopic (exact) mass is 372 g/mol. The number of carbonyl (C=O) groups excluding carboxylic acids is 1. The highest BCUT2D eigenvalue weighted by molar-refractivity contribution is 9.10. The molecule has 0 aliphatic rings. The van der Waals surface area contributed by atoms with Gasteiger partial charge in [0.25, 0.3) is 0 Å². The number of aromatic nitrogens is 1. The second-order valence-corrected chi connectivity index (χ2v) is 6.33. The van der Waals surface area contributed by atoms with Gasteiger partial charge in [-0.1, -0.05) is 28.1 Å². The molecule has 2 aromatic carbocycles. The molecule has 0 bridgehead atoms. The number of hydrogen-bond donors (Lipinski definition) is 2. The second kappa shape index (κ2) is 6.87. The minimum Gasteiger partial charge on any atom is -0.508 e. The number of benzene rings is 2. The van der Waals surface area contributed by atoms with Gasteiger partial charge in [-0.2, -0.15) is 0 Å². The molecule has 23 heavy (non-hydrogen) atoms. The molecule has 3 aromatic rings. The van der Waals surface area contributed by atoms with Crippen LogP contribution in [0.25, 0.3) is 10.9 Å². The predicted octanol–water partition coefficient (Wildman–Crippen LogP) is 3.47. The van der Waals surface area contributed by atoms with Gasteiger partial charge >= 0.3 is 0 Å². The number of nitrogens with one attached hydrogen (secondary N) is 1. The van der Waals surface area contributed by atoms with Crippen LogP contribution in [-0.2, 0) is 17.8 Å². The quantitative estimate of drug-likeness (QED) is 0.720. The van der Waals surface area contributed by atoms with Gasteiger partial charge in [0, 0.05) is 28.1 Å². The Kier molecular flexibility index (Phi) is 4.67. The maximum absolute atomic E-state index is 12.1. The topological polar surface area (TPSA) is 54.3 Å². The number of carbonyl (C=O) groups is 1. The SMILES string of the molecule is O=C(Cn1ccc2cc(Br)ccc21)NCCc1ccc(O)cc1. The van der Waals surface area contributed by atoms with Crippen LogP contribution in [0.5, 0.6) is 5.75 Å². The van der Waals surface area contributed by atoms with Crippen LogP contribution in [-0.4, -0.2) is 22.1 Å². The molecule has 0 atom stereocenters. The van der Waals surface area contributed by atoms with E-state index < -0.39 is 0 Å². The van der Waals surface area contributed by atoms with E-state index in [0.29, 0.717) is 13.1 Å². The van der Waals surface area contributed by atoms with Gasteiger partial charge in [-0.3, -0.25) is 4.79 Å². The van der Waals surface area contributed by atoms with E-state index >= 15 is 0 Å². The second-order valence-electron chi connectivity index (χ2n) is 5.41. The van der Waals surface area contributed by atoms with E-state index in [9.17, 15) is 9.90 Å². The van der Waals surface area contributed by atoms with Crippen LogP contribution < -0.4 is 5.32 Å². The minimum absolute atomic E-state index is 0.0100. The minimum atomic E-state index is -0.0100. The van der Waals surface area contributed by atoms with Crippen LogP contribution >= 0.6 is 15.9 Å². The first-order chi connectivity index (χ1) is 11.1. The lowest BCUT2D eigenvalue weighted by Gasteiger charge is -2.08. The molecule has 3 rings (SSSR count). The molecule has 0 saturated carbocycles. The van der Waals surface area contributed by atoms with Gasteiger partial charge in [0.05, 0.1) is 0 Å². The Balaban J connectivity index is 1.55. The Hall–Kier alpha value is -2.27. The van der Waals surface area contributed by atoms with E-state index in [2.05, 4.69) is 21.2 Å². The first-order valence-corrected chi connectivity index (χ1v) is 8.20. The third kappa shape index (κ3) is 3.93. The van der Waals surface area contributed by atoms with Crippen molar-refractivity contribution in [1.82, 2.24) is 9.88 Å². The van der Waals surface area contributed by atoms with E-state index in [1.165, 1.54) is 0 Å². The molecule has 2 N–H and O–H groups in total. The van der Waals surface area contributed by atoms with Crippen LogP contribution in [0, 0.1) is 0 Å². The maximum atomic E-state index is 12.1. The van der Waals surface area contributed by atoms with Crippen molar-refractivity contribution in [1.29, 1.82) is 0 Å². The van der Waals surface area contributed by atoms with Crippen LogP contribution in [0.3, 0.4) is 0 Å². The van der Waals surface area contributed by atoms with Crippen LogP contribution in [0.1, 0.15) is 5.56 Å². The molecule has 118 valence electrons. The lowest BCUT2D eigenvalue weighted by atomic mass is 10.1. The highest BCUT2D eigenvalue weighted by atomic mass is 79.9. The summed E-state index contributed by atoms with van der Waals surface area (Å²) in [7, 11) is 0. The fraction of sp³-hybridized carbons (Fsp3) is 0.167. The molecular weight excluding hydrogens is 356 g/mol. The highest BCUT2D eigenvalue weighted by Gasteiger charge is 2.06. The largest absolute Gasteiger partial charge is 0.508 e. The number of fused-ring (bicyclic) bond motifs is 1. The van der Waals surface area contributed by atoms with Gasteiger partial charge in [-0.05, 0) is 48.4 Å². The van der Waals surface area contributed by atoms with Crippen molar-refractivity contribution >= 4 is 32.7 Å². The van der Waals surface area contributed by atoms with Crippen molar-refractivity contribution in [2.75, 3.05) is 6.54 Å². The highest BCUT2D eigenvalue weighted by Crippen LogP contribution is 2.20. The predicted molar refractivity (Wildman–Crippen MR) is 94.5 cm³/mol. The fourth-order valence-corrected chi connectivity index (χ4v) is 2.91. The zero-order valence-electron chi connectivity index (χ0n) is 12.5. The van der Waals surface area contributed by atoms with Gasteiger partial charge in [-0.25, -0.2) is 0 Å². The summed E-state index contributed by atoms with van der Waals surface area (Å²) in [6.45, 7) is 0.884. The maximum Gasteiger partial charge on any atom is 0.239 e. The Morgan fingerprint density at radius 3 is 2.70 bits per heavy atom. The molecule has 0 saturated heterocycles. The first-order valence-electron chi connectivity index (χ1n) is 7.41. The summed E-state index contributed by atoms with van der Waals surface area (Å²) in [6.07, 6.45) is 2.67. The molecule has 0 spiro atoms. The number of hydrogen-bond acceptors (Lipinski definition) is 2. The zero-order valence-corrected chi connectivity index (χ0v) is 14.1. The number of aromatic hydroxyl groups is 1. The number of halogens is 1. The molecule has 4 nitrogen and oxygen atoms in total. The number of amides is 1.